The van der Waals surface area contributed by atoms with Gasteiger partial charge < -0.3 is 4.74 Å². The molecule has 0 aromatic rings. The van der Waals surface area contributed by atoms with Gasteiger partial charge in [0.25, 0.3) is 0 Å². The minimum atomic E-state index is 0.684. The molecule has 46 valence electrons. The summed E-state index contributed by atoms with van der Waals surface area (Å²) in [6, 6.07) is 0. The average molecular weight is 131 g/mol. The summed E-state index contributed by atoms with van der Waals surface area (Å²) < 4.78 is 5.09. The van der Waals surface area contributed by atoms with E-state index in [0.29, 0.717) is 6.61 Å². The summed E-state index contributed by atoms with van der Waals surface area (Å²) in [4.78, 5) is 4.16. The zero-order valence-electron chi connectivity index (χ0n) is 4.63. The highest BCUT2D eigenvalue weighted by atomic mass is 32.1. The SMILES string of the molecule is SCC1=NCCOC1. The Labute approximate surface area is 54.4 Å². The molecule has 1 aliphatic heterocycles. The molecular weight excluding hydrogens is 122 g/mol. The number of ether oxygens (including phenoxy) is 1. The van der Waals surface area contributed by atoms with Gasteiger partial charge in [-0.1, -0.05) is 0 Å². The summed E-state index contributed by atoms with van der Waals surface area (Å²) in [5.41, 5.74) is 1.07. The van der Waals surface area contributed by atoms with Crippen molar-refractivity contribution in [3.63, 3.8) is 0 Å². The van der Waals surface area contributed by atoms with Gasteiger partial charge in [0.2, 0.25) is 0 Å². The fraction of sp³-hybridized carbons (Fsp3) is 0.800. The minimum Gasteiger partial charge on any atom is -0.374 e. The second kappa shape index (κ2) is 3.10. The van der Waals surface area contributed by atoms with E-state index in [1.807, 2.05) is 0 Å². The number of thiol groups is 1. The van der Waals surface area contributed by atoms with E-state index < -0.39 is 0 Å². The van der Waals surface area contributed by atoms with Crippen molar-refractivity contribution in [1.82, 2.24) is 0 Å². The van der Waals surface area contributed by atoms with Gasteiger partial charge in [0.1, 0.15) is 0 Å². The molecule has 0 bridgehead atoms. The van der Waals surface area contributed by atoms with Crippen molar-refractivity contribution in [1.29, 1.82) is 0 Å². The van der Waals surface area contributed by atoms with Gasteiger partial charge in [-0.3, -0.25) is 4.99 Å². The zero-order valence-corrected chi connectivity index (χ0v) is 5.53. The topological polar surface area (TPSA) is 21.6 Å². The Hall–Kier alpha value is -0.0200. The summed E-state index contributed by atoms with van der Waals surface area (Å²) in [6.07, 6.45) is 0. The molecule has 1 rings (SSSR count). The first-order chi connectivity index (χ1) is 3.93. The smallest absolute Gasteiger partial charge is 0.0853 e. The maximum atomic E-state index is 5.09. The summed E-state index contributed by atoms with van der Waals surface area (Å²) in [5, 5.41) is 0. The van der Waals surface area contributed by atoms with Gasteiger partial charge in [0.15, 0.2) is 0 Å². The first kappa shape index (κ1) is 6.11. The Kier molecular flexibility index (Phi) is 2.36. The second-order valence-corrected chi connectivity index (χ2v) is 1.97. The van der Waals surface area contributed by atoms with Crippen LogP contribution in [0.4, 0.5) is 0 Å². The van der Waals surface area contributed by atoms with Crippen LogP contribution in [0.5, 0.6) is 0 Å². The normalized spacial score (nSPS) is 20.4. The largest absolute Gasteiger partial charge is 0.374 e. The molecule has 0 aromatic heterocycles. The van der Waals surface area contributed by atoms with Crippen molar-refractivity contribution in [2.45, 2.75) is 0 Å². The molecule has 0 spiro atoms. The van der Waals surface area contributed by atoms with Gasteiger partial charge in [-0.2, -0.15) is 12.6 Å². The Morgan fingerprint density at radius 3 is 3.00 bits per heavy atom. The van der Waals surface area contributed by atoms with Crippen LogP contribution in [0.25, 0.3) is 0 Å². The van der Waals surface area contributed by atoms with Gasteiger partial charge in [0.05, 0.1) is 19.8 Å². The predicted molar refractivity (Wildman–Crippen MR) is 37.0 cm³/mol. The zero-order chi connectivity index (χ0) is 5.82. The van der Waals surface area contributed by atoms with E-state index in [1.165, 1.54) is 0 Å². The third-order valence-corrected chi connectivity index (χ3v) is 1.39. The van der Waals surface area contributed by atoms with Crippen molar-refractivity contribution in [3.8, 4) is 0 Å². The number of aliphatic imine (C=N–C) groups is 1. The van der Waals surface area contributed by atoms with Gasteiger partial charge in [-0.05, 0) is 0 Å². The molecule has 8 heavy (non-hydrogen) atoms. The lowest BCUT2D eigenvalue weighted by molar-refractivity contribution is 0.170. The Balaban J connectivity index is 2.37. The highest BCUT2D eigenvalue weighted by molar-refractivity contribution is 7.81. The summed E-state index contributed by atoms with van der Waals surface area (Å²) >= 11 is 4.05. The molecule has 0 amide bonds. The van der Waals surface area contributed by atoms with Crippen LogP contribution in [-0.4, -0.2) is 31.2 Å². The van der Waals surface area contributed by atoms with Crippen molar-refractivity contribution < 1.29 is 4.74 Å². The highest BCUT2D eigenvalue weighted by Gasteiger charge is 2.00. The quantitative estimate of drug-likeness (QED) is 0.511. The van der Waals surface area contributed by atoms with Crippen molar-refractivity contribution in [2.24, 2.45) is 4.99 Å². The molecular formula is C5H9NOS. The summed E-state index contributed by atoms with van der Waals surface area (Å²) in [5.74, 6) is 0.736. The lowest BCUT2D eigenvalue weighted by Crippen LogP contribution is -2.18. The first-order valence-corrected chi connectivity index (χ1v) is 3.27. The number of rotatable bonds is 1. The highest BCUT2D eigenvalue weighted by Crippen LogP contribution is 1.92. The first-order valence-electron chi connectivity index (χ1n) is 2.64. The van der Waals surface area contributed by atoms with E-state index in [2.05, 4.69) is 17.6 Å². The van der Waals surface area contributed by atoms with Crippen LogP contribution in [0, 0.1) is 0 Å². The van der Waals surface area contributed by atoms with Crippen LogP contribution in [0.3, 0.4) is 0 Å². The number of nitrogens with zero attached hydrogens (tertiary/aromatic N) is 1. The van der Waals surface area contributed by atoms with Crippen molar-refractivity contribution in [3.05, 3.63) is 0 Å². The number of hydrogen-bond donors (Lipinski definition) is 1. The molecule has 0 N–H and O–H groups in total. The van der Waals surface area contributed by atoms with Gasteiger partial charge >= 0.3 is 0 Å². The maximum Gasteiger partial charge on any atom is 0.0853 e. The lowest BCUT2D eigenvalue weighted by atomic mass is 10.4. The third kappa shape index (κ3) is 1.49. The van der Waals surface area contributed by atoms with Gasteiger partial charge in [-0.15, -0.1) is 0 Å². The van der Waals surface area contributed by atoms with E-state index >= 15 is 0 Å². The molecule has 0 aromatic carbocycles. The van der Waals surface area contributed by atoms with E-state index in [9.17, 15) is 0 Å². The van der Waals surface area contributed by atoms with E-state index in [-0.39, 0.29) is 0 Å². The van der Waals surface area contributed by atoms with E-state index in [4.69, 9.17) is 4.74 Å². The third-order valence-electron chi connectivity index (χ3n) is 1.02. The monoisotopic (exact) mass is 131 g/mol. The fourth-order valence-corrected chi connectivity index (χ4v) is 0.791. The van der Waals surface area contributed by atoms with Crippen LogP contribution in [-0.2, 0) is 4.74 Å². The van der Waals surface area contributed by atoms with Crippen molar-refractivity contribution in [2.75, 3.05) is 25.5 Å². The molecule has 0 saturated carbocycles. The minimum absolute atomic E-state index is 0.684. The standard InChI is InChI=1S/C5H9NOS/c8-4-5-3-7-2-1-6-5/h8H,1-4H2. The summed E-state index contributed by atoms with van der Waals surface area (Å²) in [7, 11) is 0. The lowest BCUT2D eigenvalue weighted by Gasteiger charge is -2.09. The van der Waals surface area contributed by atoms with Crippen LogP contribution in [0.2, 0.25) is 0 Å². The van der Waals surface area contributed by atoms with Crippen LogP contribution in [0.15, 0.2) is 4.99 Å². The second-order valence-electron chi connectivity index (χ2n) is 1.66. The molecule has 3 heteroatoms. The fourth-order valence-electron chi connectivity index (χ4n) is 0.600. The molecule has 0 radical (unpaired) electrons. The molecule has 0 unspecified atom stereocenters. The Morgan fingerprint density at radius 1 is 1.75 bits per heavy atom. The van der Waals surface area contributed by atoms with Crippen LogP contribution in [0.1, 0.15) is 0 Å². The Bertz CT molecular complexity index is 103. The molecule has 0 atom stereocenters. The predicted octanol–water partition coefficient (Wildman–Crippen LogP) is 0.387. The molecule has 1 heterocycles. The average Bonchev–Trinajstić information content (AvgIpc) is 1.90. The van der Waals surface area contributed by atoms with Gasteiger partial charge in [0, 0.05) is 11.5 Å². The molecule has 0 fully saturated rings. The van der Waals surface area contributed by atoms with Crippen LogP contribution < -0.4 is 0 Å². The van der Waals surface area contributed by atoms with Gasteiger partial charge in [-0.25, -0.2) is 0 Å². The molecule has 0 aliphatic carbocycles. The van der Waals surface area contributed by atoms with Crippen LogP contribution >= 0.6 is 12.6 Å². The van der Waals surface area contributed by atoms with E-state index in [1.54, 1.807) is 0 Å². The molecule has 0 saturated heterocycles. The molecule has 2 nitrogen and oxygen atoms in total. The maximum absolute atomic E-state index is 5.09. The molecule has 1 aliphatic rings. The Morgan fingerprint density at radius 2 is 2.62 bits per heavy atom. The van der Waals surface area contributed by atoms with E-state index in [0.717, 1.165) is 24.6 Å². The summed E-state index contributed by atoms with van der Waals surface area (Å²) in [6.45, 7) is 2.27. The van der Waals surface area contributed by atoms with Crippen molar-refractivity contribution >= 4 is 18.3 Å². The number of hydrogen-bond acceptors (Lipinski definition) is 3.